The van der Waals surface area contributed by atoms with E-state index in [1.807, 2.05) is 24.3 Å². The molecule has 0 radical (unpaired) electrons. The fourth-order valence-electron chi connectivity index (χ4n) is 3.10. The minimum absolute atomic E-state index is 0.172. The van der Waals surface area contributed by atoms with Crippen molar-refractivity contribution in [3.05, 3.63) is 52.3 Å². The highest BCUT2D eigenvalue weighted by atomic mass is 79.9. The van der Waals surface area contributed by atoms with Crippen molar-refractivity contribution in [2.75, 3.05) is 0 Å². The maximum absolute atomic E-state index is 12.8. The molecule has 1 aromatic carbocycles. The number of aromatic nitrogens is 1. The zero-order chi connectivity index (χ0) is 16.2. The summed E-state index contributed by atoms with van der Waals surface area (Å²) in [6, 6.07) is 11.7. The van der Waals surface area contributed by atoms with Crippen LogP contribution in [-0.2, 0) is 0 Å². The summed E-state index contributed by atoms with van der Waals surface area (Å²) in [4.78, 5) is 12.8. The topological polar surface area (TPSA) is 57.8 Å². The largest absolute Gasteiger partial charge is 0.348 e. The predicted molar refractivity (Wildman–Crippen MR) is 92.5 cm³/mol. The number of carbonyl (C=O) groups excluding carboxylic acids is 1. The molecule has 0 unspecified atom stereocenters. The van der Waals surface area contributed by atoms with E-state index in [0.717, 1.165) is 35.8 Å². The van der Waals surface area contributed by atoms with Gasteiger partial charge in [0.15, 0.2) is 0 Å². The number of amides is 1. The molecule has 2 aromatic rings. The van der Waals surface area contributed by atoms with Crippen molar-refractivity contribution in [2.45, 2.75) is 38.1 Å². The molecule has 0 aliphatic heterocycles. The SMILES string of the molecule is N#Cc1ccn(-c2ccccc2Br)c1C(=O)NC1CCCCC1. The molecule has 1 amide bonds. The fraction of sp³-hybridized carbons (Fsp3) is 0.333. The number of nitrogens with one attached hydrogen (secondary N) is 1. The van der Waals surface area contributed by atoms with E-state index in [0.29, 0.717) is 11.3 Å². The number of benzene rings is 1. The Balaban J connectivity index is 1.94. The first-order valence-corrected chi connectivity index (χ1v) is 8.67. The molecule has 1 aliphatic carbocycles. The van der Waals surface area contributed by atoms with Crippen LogP contribution in [0.3, 0.4) is 0 Å². The van der Waals surface area contributed by atoms with Crippen LogP contribution >= 0.6 is 15.9 Å². The summed E-state index contributed by atoms with van der Waals surface area (Å²) in [5, 5.41) is 12.4. The van der Waals surface area contributed by atoms with Gasteiger partial charge in [0.05, 0.1) is 11.3 Å². The van der Waals surface area contributed by atoms with Gasteiger partial charge in [-0.15, -0.1) is 0 Å². The van der Waals surface area contributed by atoms with Gasteiger partial charge in [-0.3, -0.25) is 4.79 Å². The first-order chi connectivity index (χ1) is 11.2. The number of carbonyl (C=O) groups is 1. The van der Waals surface area contributed by atoms with Gasteiger partial charge in [0.1, 0.15) is 11.8 Å². The Kier molecular flexibility index (Phi) is 4.82. The molecule has 3 rings (SSSR count). The van der Waals surface area contributed by atoms with E-state index in [4.69, 9.17) is 0 Å². The van der Waals surface area contributed by atoms with E-state index in [2.05, 4.69) is 27.3 Å². The fourth-order valence-corrected chi connectivity index (χ4v) is 3.58. The highest BCUT2D eigenvalue weighted by Gasteiger charge is 2.22. The van der Waals surface area contributed by atoms with E-state index in [1.165, 1.54) is 6.42 Å². The van der Waals surface area contributed by atoms with E-state index in [9.17, 15) is 10.1 Å². The van der Waals surface area contributed by atoms with Crippen molar-refractivity contribution in [3.63, 3.8) is 0 Å². The molecular formula is C18H18BrN3O. The van der Waals surface area contributed by atoms with Crippen molar-refractivity contribution < 1.29 is 4.79 Å². The predicted octanol–water partition coefficient (Wildman–Crippen LogP) is 4.17. The quantitative estimate of drug-likeness (QED) is 0.879. The second-order valence-corrected chi connectivity index (χ2v) is 6.67. The number of hydrogen-bond donors (Lipinski definition) is 1. The van der Waals surface area contributed by atoms with Crippen LogP contribution in [0, 0.1) is 11.3 Å². The summed E-state index contributed by atoms with van der Waals surface area (Å²) >= 11 is 3.51. The molecule has 1 aliphatic rings. The molecular weight excluding hydrogens is 354 g/mol. The molecule has 0 bridgehead atoms. The number of para-hydroxylation sites is 1. The van der Waals surface area contributed by atoms with Gasteiger partial charge in [-0.1, -0.05) is 31.4 Å². The van der Waals surface area contributed by atoms with Crippen molar-refractivity contribution >= 4 is 21.8 Å². The molecule has 1 N–H and O–H groups in total. The smallest absolute Gasteiger partial charge is 0.269 e. The van der Waals surface area contributed by atoms with Crippen LogP contribution in [0.5, 0.6) is 0 Å². The number of nitriles is 1. The van der Waals surface area contributed by atoms with Crippen molar-refractivity contribution in [1.82, 2.24) is 9.88 Å². The summed E-state index contributed by atoms with van der Waals surface area (Å²) in [6.07, 6.45) is 7.35. The molecule has 1 fully saturated rings. The van der Waals surface area contributed by atoms with Crippen LogP contribution in [0.15, 0.2) is 41.0 Å². The zero-order valence-electron chi connectivity index (χ0n) is 12.8. The summed E-state index contributed by atoms with van der Waals surface area (Å²) in [7, 11) is 0. The molecule has 1 saturated carbocycles. The summed E-state index contributed by atoms with van der Waals surface area (Å²) in [6.45, 7) is 0. The normalized spacial score (nSPS) is 15.1. The zero-order valence-corrected chi connectivity index (χ0v) is 14.3. The van der Waals surface area contributed by atoms with Gasteiger partial charge < -0.3 is 9.88 Å². The van der Waals surface area contributed by atoms with E-state index >= 15 is 0 Å². The van der Waals surface area contributed by atoms with Crippen molar-refractivity contribution in [1.29, 1.82) is 5.26 Å². The van der Waals surface area contributed by atoms with Crippen LogP contribution in [0.4, 0.5) is 0 Å². The Hall–Kier alpha value is -2.06. The Labute approximate surface area is 144 Å². The minimum Gasteiger partial charge on any atom is -0.348 e. The molecule has 0 atom stereocenters. The van der Waals surface area contributed by atoms with Crippen LogP contribution in [-0.4, -0.2) is 16.5 Å². The first kappa shape index (κ1) is 15.8. The monoisotopic (exact) mass is 371 g/mol. The van der Waals surface area contributed by atoms with Crippen LogP contribution in [0.25, 0.3) is 5.69 Å². The number of halogens is 1. The minimum atomic E-state index is -0.172. The van der Waals surface area contributed by atoms with Gasteiger partial charge in [-0.2, -0.15) is 5.26 Å². The molecule has 5 heteroatoms. The molecule has 1 aromatic heterocycles. The molecule has 0 saturated heterocycles. The van der Waals surface area contributed by atoms with Gasteiger partial charge in [0.25, 0.3) is 5.91 Å². The molecule has 23 heavy (non-hydrogen) atoms. The van der Waals surface area contributed by atoms with Crippen LogP contribution < -0.4 is 5.32 Å². The maximum atomic E-state index is 12.8. The van der Waals surface area contributed by atoms with Crippen LogP contribution in [0.2, 0.25) is 0 Å². The average molecular weight is 372 g/mol. The molecule has 1 heterocycles. The van der Waals surface area contributed by atoms with Gasteiger partial charge in [0, 0.05) is 16.7 Å². The lowest BCUT2D eigenvalue weighted by Crippen LogP contribution is -2.37. The Morgan fingerprint density at radius 3 is 2.65 bits per heavy atom. The second-order valence-electron chi connectivity index (χ2n) is 5.82. The molecule has 0 spiro atoms. The van der Waals surface area contributed by atoms with E-state index < -0.39 is 0 Å². The third-order valence-corrected chi connectivity index (χ3v) is 4.94. The summed E-state index contributed by atoms with van der Waals surface area (Å²) in [5.74, 6) is -0.172. The van der Waals surface area contributed by atoms with Crippen molar-refractivity contribution in [2.24, 2.45) is 0 Å². The highest BCUT2D eigenvalue weighted by molar-refractivity contribution is 9.10. The first-order valence-electron chi connectivity index (χ1n) is 7.88. The standard InChI is InChI=1S/C18H18BrN3O/c19-15-8-4-5-9-16(15)22-11-10-13(12-20)17(22)18(23)21-14-6-2-1-3-7-14/h4-5,8-11,14H,1-3,6-7H2,(H,21,23). The second kappa shape index (κ2) is 7.01. The molecule has 118 valence electrons. The number of nitrogens with zero attached hydrogens (tertiary/aromatic N) is 2. The lowest BCUT2D eigenvalue weighted by molar-refractivity contribution is 0.0920. The Morgan fingerprint density at radius 2 is 1.96 bits per heavy atom. The Bertz CT molecular complexity index is 754. The summed E-state index contributed by atoms with van der Waals surface area (Å²) in [5.41, 5.74) is 1.65. The van der Waals surface area contributed by atoms with Gasteiger partial charge in [-0.25, -0.2) is 0 Å². The van der Waals surface area contributed by atoms with Gasteiger partial charge >= 0.3 is 0 Å². The highest BCUT2D eigenvalue weighted by Crippen LogP contribution is 2.25. The van der Waals surface area contributed by atoms with E-state index in [-0.39, 0.29) is 11.9 Å². The number of hydrogen-bond acceptors (Lipinski definition) is 2. The molecule has 4 nitrogen and oxygen atoms in total. The summed E-state index contributed by atoms with van der Waals surface area (Å²) < 4.78 is 2.66. The lowest BCUT2D eigenvalue weighted by Gasteiger charge is -2.23. The third-order valence-electron chi connectivity index (χ3n) is 4.27. The lowest BCUT2D eigenvalue weighted by atomic mass is 9.95. The maximum Gasteiger partial charge on any atom is 0.269 e. The van der Waals surface area contributed by atoms with E-state index in [1.54, 1.807) is 16.8 Å². The van der Waals surface area contributed by atoms with Crippen LogP contribution in [0.1, 0.15) is 48.2 Å². The van der Waals surface area contributed by atoms with Gasteiger partial charge in [-0.05, 0) is 47.0 Å². The third kappa shape index (κ3) is 3.32. The average Bonchev–Trinajstić information content (AvgIpc) is 3.00. The Morgan fingerprint density at radius 1 is 1.22 bits per heavy atom. The van der Waals surface area contributed by atoms with Crippen molar-refractivity contribution in [3.8, 4) is 11.8 Å². The van der Waals surface area contributed by atoms with Gasteiger partial charge in [0.2, 0.25) is 0 Å². The number of rotatable bonds is 3.